The van der Waals surface area contributed by atoms with Crippen molar-refractivity contribution < 1.29 is 13.9 Å². The van der Waals surface area contributed by atoms with Crippen LogP contribution in [0.3, 0.4) is 0 Å². The third-order valence-electron chi connectivity index (χ3n) is 6.20. The van der Waals surface area contributed by atoms with Crippen molar-refractivity contribution >= 4 is 40.7 Å². The zero-order valence-corrected chi connectivity index (χ0v) is 21.5. The van der Waals surface area contributed by atoms with Gasteiger partial charge in [-0.25, -0.2) is 14.2 Å². The predicted octanol–water partition coefficient (Wildman–Crippen LogP) is 6.13. The number of likely N-dealkylation sites (tertiary alicyclic amines) is 1. The van der Waals surface area contributed by atoms with Crippen molar-refractivity contribution in [3.05, 3.63) is 70.1 Å². The van der Waals surface area contributed by atoms with E-state index in [4.69, 9.17) is 33.7 Å². The van der Waals surface area contributed by atoms with Crippen molar-refractivity contribution in [2.75, 3.05) is 31.2 Å². The topological polar surface area (TPSA) is 92.5 Å². The van der Waals surface area contributed by atoms with Crippen LogP contribution in [0.5, 0.6) is 5.75 Å². The summed E-state index contributed by atoms with van der Waals surface area (Å²) in [7, 11) is 2.08. The van der Waals surface area contributed by atoms with E-state index in [1.54, 1.807) is 19.2 Å². The number of anilines is 2. The van der Waals surface area contributed by atoms with Crippen molar-refractivity contribution in [1.29, 1.82) is 0 Å². The number of rotatable bonds is 6. The number of nitrogens with two attached hydrogens (primary N) is 1. The van der Waals surface area contributed by atoms with Gasteiger partial charge in [-0.3, -0.25) is 0 Å². The van der Waals surface area contributed by atoms with Crippen molar-refractivity contribution in [3.8, 4) is 16.9 Å². The van der Waals surface area contributed by atoms with Crippen molar-refractivity contribution in [2.45, 2.75) is 31.9 Å². The summed E-state index contributed by atoms with van der Waals surface area (Å²) < 4.78 is 19.9. The molecule has 1 saturated heterocycles. The Labute approximate surface area is 219 Å². The fourth-order valence-corrected chi connectivity index (χ4v) is 4.80. The average molecular weight is 532 g/mol. The summed E-state index contributed by atoms with van der Waals surface area (Å²) in [6, 6.07) is 11.7. The van der Waals surface area contributed by atoms with Gasteiger partial charge in [0.25, 0.3) is 0 Å². The molecule has 1 aromatic heterocycles. The molecule has 0 radical (unpaired) electrons. The molecule has 1 unspecified atom stereocenters. The Morgan fingerprint density at radius 1 is 1.17 bits per heavy atom. The van der Waals surface area contributed by atoms with E-state index in [-0.39, 0.29) is 22.9 Å². The van der Waals surface area contributed by atoms with Crippen molar-refractivity contribution in [2.24, 2.45) is 0 Å². The van der Waals surface area contributed by atoms with Crippen LogP contribution in [0.25, 0.3) is 11.1 Å². The standard InChI is InChI=1S/C26H28Cl2FN5O2/c1-15(23-20(27)7-8-21(29)24(23)28)36-22-13-17(14-31-25(22)30)16-3-5-18(6-4-16)32-26(35)33-19-9-11-34(2)12-10-19/h3-8,13-15,19H,9-12H2,1-2H3,(H2,30,31)(H2,32,33,35). The molecule has 3 aromatic rings. The summed E-state index contributed by atoms with van der Waals surface area (Å²) in [6.45, 7) is 3.65. The number of hydrogen-bond acceptors (Lipinski definition) is 5. The molecule has 1 fully saturated rings. The number of carbonyl (C=O) groups excluding carboxylic acids is 1. The van der Waals surface area contributed by atoms with Gasteiger partial charge in [-0.2, -0.15) is 0 Å². The van der Waals surface area contributed by atoms with Crippen LogP contribution in [-0.2, 0) is 0 Å². The Hall–Kier alpha value is -3.07. The van der Waals surface area contributed by atoms with E-state index in [2.05, 4.69) is 27.6 Å². The minimum Gasteiger partial charge on any atom is -0.482 e. The molecule has 7 nitrogen and oxygen atoms in total. The van der Waals surface area contributed by atoms with Gasteiger partial charge in [0.1, 0.15) is 11.9 Å². The molecular weight excluding hydrogens is 504 g/mol. The number of aromatic nitrogens is 1. The lowest BCUT2D eigenvalue weighted by molar-refractivity contribution is 0.221. The van der Waals surface area contributed by atoms with Crippen LogP contribution < -0.4 is 21.1 Å². The van der Waals surface area contributed by atoms with E-state index in [9.17, 15) is 9.18 Å². The first kappa shape index (κ1) is 26.0. The molecule has 4 rings (SSSR count). The van der Waals surface area contributed by atoms with Crippen LogP contribution in [0.1, 0.15) is 31.4 Å². The summed E-state index contributed by atoms with van der Waals surface area (Å²) in [5, 5.41) is 6.11. The van der Waals surface area contributed by atoms with Crippen LogP contribution in [0.15, 0.2) is 48.7 Å². The summed E-state index contributed by atoms with van der Waals surface area (Å²) in [5.74, 6) is -0.0886. The number of nitrogen functional groups attached to an aromatic ring is 1. The molecule has 0 aliphatic carbocycles. The van der Waals surface area contributed by atoms with Crippen LogP contribution in [-0.4, -0.2) is 42.1 Å². The molecule has 1 aliphatic rings. The quantitative estimate of drug-likeness (QED) is 0.332. The number of ether oxygens (including phenoxy) is 1. The van der Waals surface area contributed by atoms with Gasteiger partial charge in [0.05, 0.1) is 5.02 Å². The number of urea groups is 1. The van der Waals surface area contributed by atoms with Gasteiger partial charge in [-0.15, -0.1) is 0 Å². The molecule has 4 N–H and O–H groups in total. The SMILES string of the molecule is CC(Oc1cc(-c2ccc(NC(=O)NC3CCN(C)CC3)cc2)cnc1N)c1c(Cl)ccc(F)c1Cl. The highest BCUT2D eigenvalue weighted by atomic mass is 35.5. The van der Waals surface area contributed by atoms with Crippen LogP contribution in [0.2, 0.25) is 10.0 Å². The summed E-state index contributed by atoms with van der Waals surface area (Å²) in [4.78, 5) is 18.9. The van der Waals surface area contributed by atoms with Gasteiger partial charge in [0.15, 0.2) is 11.6 Å². The van der Waals surface area contributed by atoms with Gasteiger partial charge in [-0.1, -0.05) is 35.3 Å². The maximum Gasteiger partial charge on any atom is 0.319 e. The maximum absolute atomic E-state index is 14.0. The van der Waals surface area contributed by atoms with Crippen LogP contribution >= 0.6 is 23.2 Å². The third-order valence-corrected chi connectivity index (χ3v) is 6.92. The first-order valence-electron chi connectivity index (χ1n) is 11.6. The van der Waals surface area contributed by atoms with Gasteiger partial charge < -0.3 is 26.0 Å². The molecule has 1 atom stereocenters. The molecule has 1 aliphatic heterocycles. The van der Waals surface area contributed by atoms with Gasteiger partial charge >= 0.3 is 6.03 Å². The lowest BCUT2D eigenvalue weighted by atomic mass is 10.1. The minimum atomic E-state index is -0.672. The first-order valence-corrected chi connectivity index (χ1v) is 12.4. The zero-order valence-electron chi connectivity index (χ0n) is 20.0. The number of piperidine rings is 1. The number of pyridine rings is 1. The number of nitrogens with one attached hydrogen (secondary N) is 2. The molecule has 0 spiro atoms. The van der Waals surface area contributed by atoms with Gasteiger partial charge in [0.2, 0.25) is 0 Å². The molecule has 36 heavy (non-hydrogen) atoms. The molecule has 190 valence electrons. The Morgan fingerprint density at radius 3 is 2.56 bits per heavy atom. The van der Waals surface area contributed by atoms with Crippen LogP contribution in [0.4, 0.5) is 20.7 Å². The molecule has 2 aromatic carbocycles. The average Bonchev–Trinajstić information content (AvgIpc) is 2.85. The molecular formula is C26H28Cl2FN5O2. The largest absolute Gasteiger partial charge is 0.482 e. The zero-order chi connectivity index (χ0) is 25.8. The van der Waals surface area contributed by atoms with E-state index in [0.29, 0.717) is 22.0 Å². The highest BCUT2D eigenvalue weighted by Gasteiger charge is 2.21. The molecule has 10 heteroatoms. The molecule has 2 amide bonds. The fraction of sp³-hybridized carbons (Fsp3) is 0.308. The second-order valence-electron chi connectivity index (χ2n) is 8.88. The number of halogens is 3. The van der Waals surface area contributed by atoms with Crippen molar-refractivity contribution in [1.82, 2.24) is 15.2 Å². The Bertz CT molecular complexity index is 1230. The molecule has 0 saturated carbocycles. The number of benzene rings is 2. The van der Waals surface area contributed by atoms with E-state index in [0.717, 1.165) is 37.1 Å². The Morgan fingerprint density at radius 2 is 1.86 bits per heavy atom. The van der Waals surface area contributed by atoms with Gasteiger partial charge in [-0.05, 0) is 75.8 Å². The smallest absolute Gasteiger partial charge is 0.319 e. The highest BCUT2D eigenvalue weighted by Crippen LogP contribution is 2.37. The lowest BCUT2D eigenvalue weighted by Gasteiger charge is -2.29. The minimum absolute atomic E-state index is 0.0966. The number of hydrogen-bond donors (Lipinski definition) is 3. The van der Waals surface area contributed by atoms with E-state index in [1.807, 2.05) is 24.3 Å². The first-order chi connectivity index (χ1) is 17.2. The summed E-state index contributed by atoms with van der Waals surface area (Å²) in [6.07, 6.45) is 2.83. The third kappa shape index (κ3) is 6.19. The second kappa shape index (κ2) is 11.3. The van der Waals surface area contributed by atoms with E-state index >= 15 is 0 Å². The maximum atomic E-state index is 14.0. The summed E-state index contributed by atoms with van der Waals surface area (Å²) >= 11 is 12.3. The van der Waals surface area contributed by atoms with Gasteiger partial charge in [0, 0.05) is 34.1 Å². The highest BCUT2D eigenvalue weighted by molar-refractivity contribution is 6.36. The van der Waals surface area contributed by atoms with E-state index < -0.39 is 11.9 Å². The Kier molecular flexibility index (Phi) is 8.18. The van der Waals surface area contributed by atoms with Crippen molar-refractivity contribution in [3.63, 3.8) is 0 Å². The lowest BCUT2D eigenvalue weighted by Crippen LogP contribution is -2.44. The monoisotopic (exact) mass is 531 g/mol. The molecule has 0 bridgehead atoms. The number of amides is 2. The Balaban J connectivity index is 1.43. The predicted molar refractivity (Wildman–Crippen MR) is 142 cm³/mol. The number of nitrogens with zero attached hydrogens (tertiary/aromatic N) is 2. The normalized spacial score (nSPS) is 15.4. The second-order valence-corrected chi connectivity index (χ2v) is 9.66. The van der Waals surface area contributed by atoms with Crippen LogP contribution in [0, 0.1) is 5.82 Å². The summed E-state index contributed by atoms with van der Waals surface area (Å²) in [5.41, 5.74) is 8.64. The molecule has 2 heterocycles. The van der Waals surface area contributed by atoms with E-state index in [1.165, 1.54) is 12.1 Å². The fourth-order valence-electron chi connectivity index (χ4n) is 4.12. The number of carbonyl (C=O) groups is 1.